The summed E-state index contributed by atoms with van der Waals surface area (Å²) in [6.07, 6.45) is 4.01. The number of nitrogens with zero attached hydrogens (tertiary/aromatic N) is 2. The lowest BCUT2D eigenvalue weighted by atomic mass is 10.0. The van der Waals surface area contributed by atoms with Gasteiger partial charge in [0.05, 0.1) is 6.07 Å². The number of rotatable bonds is 4. The molecule has 0 radical (unpaired) electrons. The Labute approximate surface area is 119 Å². The van der Waals surface area contributed by atoms with Crippen LogP contribution in [0.3, 0.4) is 0 Å². The molecule has 1 atom stereocenters. The highest BCUT2D eigenvalue weighted by atomic mass is 16.6. The zero-order valence-corrected chi connectivity index (χ0v) is 11.7. The number of nitriles is 1. The lowest BCUT2D eigenvalue weighted by molar-refractivity contribution is 0.170. The van der Waals surface area contributed by atoms with Crippen LogP contribution in [0, 0.1) is 11.3 Å². The van der Waals surface area contributed by atoms with E-state index in [9.17, 15) is 0 Å². The highest BCUT2D eigenvalue weighted by molar-refractivity contribution is 5.44. The summed E-state index contributed by atoms with van der Waals surface area (Å²) in [6, 6.07) is 8.99. The van der Waals surface area contributed by atoms with Crippen molar-refractivity contribution >= 4 is 0 Å². The second kappa shape index (κ2) is 6.15. The summed E-state index contributed by atoms with van der Waals surface area (Å²) in [6.45, 7) is 3.40. The molecule has 2 aliphatic rings. The largest absolute Gasteiger partial charge is 0.486 e. The highest BCUT2D eigenvalue weighted by Crippen LogP contribution is 2.38. The summed E-state index contributed by atoms with van der Waals surface area (Å²) in [5, 5.41) is 8.66. The van der Waals surface area contributed by atoms with Gasteiger partial charge < -0.3 is 9.47 Å². The molecule has 0 aromatic heterocycles. The zero-order chi connectivity index (χ0) is 13.8. The molecule has 4 heteroatoms. The molecule has 0 unspecified atom stereocenters. The number of ether oxygens (including phenoxy) is 2. The number of benzene rings is 1. The Balaban J connectivity index is 1.72. The summed E-state index contributed by atoms with van der Waals surface area (Å²) in [4.78, 5) is 2.49. The van der Waals surface area contributed by atoms with Crippen LogP contribution in [-0.2, 0) is 0 Å². The van der Waals surface area contributed by atoms with Crippen LogP contribution >= 0.6 is 0 Å². The molecule has 1 aromatic carbocycles. The van der Waals surface area contributed by atoms with Gasteiger partial charge in [0.15, 0.2) is 11.5 Å². The number of fused-ring (bicyclic) bond motifs is 1. The Morgan fingerprint density at radius 1 is 1.25 bits per heavy atom. The van der Waals surface area contributed by atoms with E-state index < -0.39 is 0 Å². The van der Waals surface area contributed by atoms with Crippen molar-refractivity contribution in [1.82, 2.24) is 4.90 Å². The number of hydrogen-bond acceptors (Lipinski definition) is 4. The first-order valence-electron chi connectivity index (χ1n) is 7.39. The third-order valence-electron chi connectivity index (χ3n) is 4.05. The minimum Gasteiger partial charge on any atom is -0.486 e. The average Bonchev–Trinajstić information content (AvgIpc) is 2.95. The van der Waals surface area contributed by atoms with E-state index in [-0.39, 0.29) is 0 Å². The topological polar surface area (TPSA) is 45.5 Å². The average molecular weight is 272 g/mol. The first kappa shape index (κ1) is 13.3. The smallest absolute Gasteiger partial charge is 0.161 e. The monoisotopic (exact) mass is 272 g/mol. The molecule has 1 saturated heterocycles. The van der Waals surface area contributed by atoms with E-state index in [1.54, 1.807) is 0 Å². The van der Waals surface area contributed by atoms with Crippen molar-refractivity contribution in [2.45, 2.75) is 31.7 Å². The van der Waals surface area contributed by atoms with Crippen molar-refractivity contribution in [2.75, 3.05) is 26.3 Å². The van der Waals surface area contributed by atoms with Crippen LogP contribution < -0.4 is 9.47 Å². The maximum atomic E-state index is 8.66. The van der Waals surface area contributed by atoms with Gasteiger partial charge in [-0.05, 0) is 50.0 Å². The minimum atomic E-state index is 0.463. The van der Waals surface area contributed by atoms with Crippen molar-refractivity contribution < 1.29 is 9.47 Å². The molecular formula is C16H20N2O2. The molecular weight excluding hydrogens is 252 g/mol. The van der Waals surface area contributed by atoms with Crippen LogP contribution in [0.2, 0.25) is 0 Å². The molecule has 20 heavy (non-hydrogen) atoms. The molecule has 2 aliphatic heterocycles. The van der Waals surface area contributed by atoms with Crippen LogP contribution in [0.5, 0.6) is 11.5 Å². The molecule has 0 bridgehead atoms. The van der Waals surface area contributed by atoms with Gasteiger partial charge in [-0.3, -0.25) is 4.90 Å². The molecule has 0 saturated carbocycles. The third-order valence-corrected chi connectivity index (χ3v) is 4.05. The Morgan fingerprint density at radius 3 is 2.95 bits per heavy atom. The SMILES string of the molecule is N#CCCCN1CCC[C@@H]1c1ccc2c(c1)OCCO2. The summed E-state index contributed by atoms with van der Waals surface area (Å²) in [5.74, 6) is 1.73. The maximum absolute atomic E-state index is 8.66. The van der Waals surface area contributed by atoms with Gasteiger partial charge in [-0.15, -0.1) is 0 Å². The normalized spacial score (nSPS) is 21.6. The van der Waals surface area contributed by atoms with E-state index in [1.165, 1.54) is 18.4 Å². The van der Waals surface area contributed by atoms with E-state index in [0.717, 1.165) is 31.0 Å². The van der Waals surface area contributed by atoms with Crippen molar-refractivity contribution in [1.29, 1.82) is 5.26 Å². The molecule has 0 N–H and O–H groups in total. The standard InChI is InChI=1S/C16H20N2O2/c17-7-1-2-8-18-9-3-4-14(18)13-5-6-15-16(12-13)20-11-10-19-15/h5-6,12,14H,1-4,8-11H2/t14-/m1/s1. The highest BCUT2D eigenvalue weighted by Gasteiger charge is 2.26. The van der Waals surface area contributed by atoms with Gasteiger partial charge in [-0.2, -0.15) is 5.26 Å². The summed E-state index contributed by atoms with van der Waals surface area (Å²) >= 11 is 0. The van der Waals surface area contributed by atoms with E-state index in [0.29, 0.717) is 25.7 Å². The molecule has 0 amide bonds. The van der Waals surface area contributed by atoms with Crippen LogP contribution in [-0.4, -0.2) is 31.2 Å². The molecule has 0 spiro atoms. The predicted molar refractivity (Wildman–Crippen MR) is 75.8 cm³/mol. The van der Waals surface area contributed by atoms with E-state index in [4.69, 9.17) is 14.7 Å². The molecule has 2 heterocycles. The van der Waals surface area contributed by atoms with Gasteiger partial charge in [0.1, 0.15) is 13.2 Å². The first-order chi connectivity index (χ1) is 9.88. The van der Waals surface area contributed by atoms with Gasteiger partial charge >= 0.3 is 0 Å². The van der Waals surface area contributed by atoms with E-state index in [2.05, 4.69) is 23.1 Å². The van der Waals surface area contributed by atoms with Crippen LogP contribution in [0.1, 0.15) is 37.3 Å². The molecule has 1 fully saturated rings. The van der Waals surface area contributed by atoms with E-state index >= 15 is 0 Å². The first-order valence-corrected chi connectivity index (χ1v) is 7.39. The second-order valence-corrected chi connectivity index (χ2v) is 5.36. The fourth-order valence-electron chi connectivity index (χ4n) is 3.10. The van der Waals surface area contributed by atoms with Crippen LogP contribution in [0.25, 0.3) is 0 Å². The van der Waals surface area contributed by atoms with E-state index in [1.807, 2.05) is 6.07 Å². The lowest BCUT2D eigenvalue weighted by Gasteiger charge is -2.26. The molecule has 3 rings (SSSR count). The predicted octanol–water partition coefficient (Wildman–Crippen LogP) is 2.90. The molecule has 0 aliphatic carbocycles. The van der Waals surface area contributed by atoms with Crippen LogP contribution in [0.4, 0.5) is 0 Å². The maximum Gasteiger partial charge on any atom is 0.161 e. The fraction of sp³-hybridized carbons (Fsp3) is 0.562. The van der Waals surface area contributed by atoms with Gasteiger partial charge in [-0.25, -0.2) is 0 Å². The summed E-state index contributed by atoms with van der Waals surface area (Å²) in [5.41, 5.74) is 1.31. The van der Waals surface area contributed by atoms with Gasteiger partial charge in [-0.1, -0.05) is 6.07 Å². The Kier molecular flexibility index (Phi) is 4.08. The fourth-order valence-corrected chi connectivity index (χ4v) is 3.10. The number of likely N-dealkylation sites (tertiary alicyclic amines) is 1. The molecule has 1 aromatic rings. The Morgan fingerprint density at radius 2 is 2.10 bits per heavy atom. The zero-order valence-electron chi connectivity index (χ0n) is 11.7. The molecule has 106 valence electrons. The lowest BCUT2D eigenvalue weighted by Crippen LogP contribution is -2.24. The van der Waals surface area contributed by atoms with Gasteiger partial charge in [0, 0.05) is 12.5 Å². The Hall–Kier alpha value is -1.73. The molecule has 4 nitrogen and oxygen atoms in total. The van der Waals surface area contributed by atoms with Crippen molar-refractivity contribution in [3.8, 4) is 17.6 Å². The summed E-state index contributed by atoms with van der Waals surface area (Å²) < 4.78 is 11.2. The number of unbranched alkanes of at least 4 members (excludes halogenated alkanes) is 1. The van der Waals surface area contributed by atoms with Crippen molar-refractivity contribution in [3.63, 3.8) is 0 Å². The minimum absolute atomic E-state index is 0.463. The van der Waals surface area contributed by atoms with Crippen molar-refractivity contribution in [2.24, 2.45) is 0 Å². The number of hydrogen-bond donors (Lipinski definition) is 0. The van der Waals surface area contributed by atoms with Crippen molar-refractivity contribution in [3.05, 3.63) is 23.8 Å². The van der Waals surface area contributed by atoms with Gasteiger partial charge in [0.25, 0.3) is 0 Å². The quantitative estimate of drug-likeness (QED) is 0.791. The summed E-state index contributed by atoms with van der Waals surface area (Å²) in [7, 11) is 0. The second-order valence-electron chi connectivity index (χ2n) is 5.36. The Bertz CT molecular complexity index is 510. The third kappa shape index (κ3) is 2.73. The van der Waals surface area contributed by atoms with Gasteiger partial charge in [0.2, 0.25) is 0 Å². The van der Waals surface area contributed by atoms with Crippen LogP contribution in [0.15, 0.2) is 18.2 Å².